The summed E-state index contributed by atoms with van der Waals surface area (Å²) >= 11 is 3.47. The van der Waals surface area contributed by atoms with E-state index >= 15 is 0 Å². The van der Waals surface area contributed by atoms with Crippen molar-refractivity contribution in [3.05, 3.63) is 58.1 Å². The van der Waals surface area contributed by atoms with E-state index in [0.717, 1.165) is 33.5 Å². The highest BCUT2D eigenvalue weighted by molar-refractivity contribution is 9.10. The summed E-state index contributed by atoms with van der Waals surface area (Å²) in [5.74, 6) is 1.64. The van der Waals surface area contributed by atoms with Crippen LogP contribution in [0.5, 0.6) is 11.5 Å². The van der Waals surface area contributed by atoms with Crippen molar-refractivity contribution in [2.45, 2.75) is 26.0 Å². The van der Waals surface area contributed by atoms with Gasteiger partial charge in [0.2, 0.25) is 0 Å². The van der Waals surface area contributed by atoms with Gasteiger partial charge in [-0.25, -0.2) is 0 Å². The van der Waals surface area contributed by atoms with Crippen molar-refractivity contribution in [1.29, 1.82) is 0 Å². The van der Waals surface area contributed by atoms with Gasteiger partial charge in [0.15, 0.2) is 0 Å². The molecule has 0 aromatic heterocycles. The maximum Gasteiger partial charge on any atom is 0.125 e. The summed E-state index contributed by atoms with van der Waals surface area (Å²) in [5, 5.41) is 0. The summed E-state index contributed by atoms with van der Waals surface area (Å²) in [7, 11) is 1.66. The molecule has 2 aromatic rings. The number of methoxy groups -OCH3 is 1. The van der Waals surface area contributed by atoms with Crippen molar-refractivity contribution in [3.63, 3.8) is 0 Å². The Hall–Kier alpha value is -1.52. The number of ether oxygens (including phenoxy) is 2. The van der Waals surface area contributed by atoms with E-state index in [9.17, 15) is 0 Å². The zero-order valence-electron chi connectivity index (χ0n) is 12.3. The first kappa shape index (κ1) is 15.9. The molecule has 2 aromatic carbocycles. The number of para-hydroxylation sites is 1. The fraction of sp³-hybridized carbons (Fsp3) is 0.294. The second kappa shape index (κ2) is 7.48. The lowest BCUT2D eigenvalue weighted by molar-refractivity contribution is 0.292. The van der Waals surface area contributed by atoms with Crippen molar-refractivity contribution < 1.29 is 9.47 Å². The van der Waals surface area contributed by atoms with E-state index in [1.165, 1.54) is 0 Å². The number of rotatable bonds is 6. The molecule has 1 atom stereocenters. The molecule has 0 spiro atoms. The normalized spacial score (nSPS) is 12.0. The molecule has 0 saturated heterocycles. The molecule has 2 N–H and O–H groups in total. The van der Waals surface area contributed by atoms with E-state index in [-0.39, 0.29) is 6.04 Å². The Balaban J connectivity index is 2.19. The van der Waals surface area contributed by atoms with Crippen LogP contribution in [0.3, 0.4) is 0 Å². The Kier molecular flexibility index (Phi) is 5.65. The fourth-order valence-corrected chi connectivity index (χ4v) is 2.56. The Labute approximate surface area is 134 Å². The van der Waals surface area contributed by atoms with Gasteiger partial charge in [0, 0.05) is 21.6 Å². The SMILES string of the molecule is CC[C@@H](N)c1ccccc1OCc1cc(Br)ccc1OC. The van der Waals surface area contributed by atoms with Crippen LogP contribution in [0.2, 0.25) is 0 Å². The van der Waals surface area contributed by atoms with E-state index in [1.807, 2.05) is 42.5 Å². The summed E-state index contributed by atoms with van der Waals surface area (Å²) in [5.41, 5.74) is 8.16. The van der Waals surface area contributed by atoms with E-state index in [1.54, 1.807) is 7.11 Å². The third-order valence-corrected chi connectivity index (χ3v) is 3.88. The largest absolute Gasteiger partial charge is 0.496 e. The Bertz CT molecular complexity index is 601. The summed E-state index contributed by atoms with van der Waals surface area (Å²) in [6, 6.07) is 13.8. The van der Waals surface area contributed by atoms with E-state index in [4.69, 9.17) is 15.2 Å². The maximum absolute atomic E-state index is 6.13. The average Bonchev–Trinajstić information content (AvgIpc) is 2.52. The van der Waals surface area contributed by atoms with E-state index < -0.39 is 0 Å². The Morgan fingerprint density at radius 3 is 2.62 bits per heavy atom. The van der Waals surface area contributed by atoms with Crippen molar-refractivity contribution in [3.8, 4) is 11.5 Å². The van der Waals surface area contributed by atoms with Gasteiger partial charge < -0.3 is 15.2 Å². The quantitative estimate of drug-likeness (QED) is 0.837. The summed E-state index contributed by atoms with van der Waals surface area (Å²) in [6.07, 6.45) is 0.876. The topological polar surface area (TPSA) is 44.5 Å². The van der Waals surface area contributed by atoms with Crippen LogP contribution >= 0.6 is 15.9 Å². The van der Waals surface area contributed by atoms with Gasteiger partial charge in [-0.3, -0.25) is 0 Å². The molecule has 0 amide bonds. The van der Waals surface area contributed by atoms with Crippen LogP contribution in [0.25, 0.3) is 0 Å². The Morgan fingerprint density at radius 1 is 1.14 bits per heavy atom. The van der Waals surface area contributed by atoms with Crippen molar-refractivity contribution >= 4 is 15.9 Å². The van der Waals surface area contributed by atoms with Gasteiger partial charge in [0.25, 0.3) is 0 Å². The molecule has 0 fully saturated rings. The standard InChI is InChI=1S/C17H20BrNO2/c1-3-15(19)14-6-4-5-7-17(14)21-11-12-10-13(18)8-9-16(12)20-2/h4-10,15H,3,11,19H2,1-2H3/t15-/m1/s1. The fourth-order valence-electron chi connectivity index (χ4n) is 2.15. The molecule has 3 nitrogen and oxygen atoms in total. The van der Waals surface area contributed by atoms with Gasteiger partial charge in [0.05, 0.1) is 7.11 Å². The van der Waals surface area contributed by atoms with Crippen molar-refractivity contribution in [2.24, 2.45) is 5.73 Å². The smallest absolute Gasteiger partial charge is 0.125 e. The third-order valence-electron chi connectivity index (χ3n) is 3.38. The van der Waals surface area contributed by atoms with Gasteiger partial charge >= 0.3 is 0 Å². The monoisotopic (exact) mass is 349 g/mol. The molecule has 2 rings (SSSR count). The van der Waals surface area contributed by atoms with Crippen LogP contribution in [-0.2, 0) is 6.61 Å². The highest BCUT2D eigenvalue weighted by Gasteiger charge is 2.11. The maximum atomic E-state index is 6.13. The van der Waals surface area contributed by atoms with Gasteiger partial charge in [0.1, 0.15) is 18.1 Å². The summed E-state index contributed by atoms with van der Waals surface area (Å²) in [6.45, 7) is 2.51. The molecule has 0 heterocycles. The molecule has 0 aliphatic rings. The van der Waals surface area contributed by atoms with Crippen molar-refractivity contribution in [2.75, 3.05) is 7.11 Å². The predicted octanol–water partition coefficient (Wildman–Crippen LogP) is 4.45. The van der Waals surface area contributed by atoms with Crippen LogP contribution < -0.4 is 15.2 Å². The van der Waals surface area contributed by atoms with Crippen LogP contribution in [0.15, 0.2) is 46.9 Å². The number of hydrogen-bond acceptors (Lipinski definition) is 3. The number of benzene rings is 2. The van der Waals surface area contributed by atoms with Gasteiger partial charge in [-0.05, 0) is 30.7 Å². The molecule has 0 aliphatic carbocycles. The number of halogens is 1. The van der Waals surface area contributed by atoms with Crippen LogP contribution in [0.4, 0.5) is 0 Å². The molecule has 0 bridgehead atoms. The van der Waals surface area contributed by atoms with E-state index in [2.05, 4.69) is 22.9 Å². The minimum atomic E-state index is -0.00870. The van der Waals surface area contributed by atoms with Gasteiger partial charge in [-0.15, -0.1) is 0 Å². The first-order valence-corrected chi connectivity index (χ1v) is 7.74. The zero-order chi connectivity index (χ0) is 15.2. The molecule has 0 aliphatic heterocycles. The lowest BCUT2D eigenvalue weighted by Crippen LogP contribution is -2.11. The summed E-state index contributed by atoms with van der Waals surface area (Å²) in [4.78, 5) is 0. The van der Waals surface area contributed by atoms with Crippen LogP contribution in [-0.4, -0.2) is 7.11 Å². The molecule has 21 heavy (non-hydrogen) atoms. The van der Waals surface area contributed by atoms with Crippen LogP contribution in [0, 0.1) is 0 Å². The van der Waals surface area contributed by atoms with Gasteiger partial charge in [-0.1, -0.05) is 41.1 Å². The molecular formula is C17H20BrNO2. The predicted molar refractivity (Wildman–Crippen MR) is 88.7 cm³/mol. The van der Waals surface area contributed by atoms with Crippen LogP contribution in [0.1, 0.15) is 30.5 Å². The zero-order valence-corrected chi connectivity index (χ0v) is 13.9. The highest BCUT2D eigenvalue weighted by Crippen LogP contribution is 2.28. The number of hydrogen-bond donors (Lipinski definition) is 1. The second-order valence-electron chi connectivity index (χ2n) is 4.80. The molecular weight excluding hydrogens is 330 g/mol. The number of nitrogens with two attached hydrogens (primary N) is 1. The minimum Gasteiger partial charge on any atom is -0.496 e. The van der Waals surface area contributed by atoms with Gasteiger partial charge in [-0.2, -0.15) is 0 Å². The lowest BCUT2D eigenvalue weighted by Gasteiger charge is -2.16. The Morgan fingerprint density at radius 2 is 1.90 bits per heavy atom. The second-order valence-corrected chi connectivity index (χ2v) is 5.71. The van der Waals surface area contributed by atoms with Crippen molar-refractivity contribution in [1.82, 2.24) is 0 Å². The molecule has 112 valence electrons. The highest BCUT2D eigenvalue weighted by atomic mass is 79.9. The molecule has 4 heteroatoms. The molecule has 0 radical (unpaired) electrons. The average molecular weight is 350 g/mol. The first-order chi connectivity index (χ1) is 10.2. The molecule has 0 saturated carbocycles. The summed E-state index contributed by atoms with van der Waals surface area (Å²) < 4.78 is 12.3. The molecule has 0 unspecified atom stereocenters. The lowest BCUT2D eigenvalue weighted by atomic mass is 10.0. The van der Waals surface area contributed by atoms with E-state index in [0.29, 0.717) is 6.61 Å². The third kappa shape index (κ3) is 3.99. The first-order valence-electron chi connectivity index (χ1n) is 6.95. The minimum absolute atomic E-state index is 0.00870.